The Balaban J connectivity index is 1.70. The summed E-state index contributed by atoms with van der Waals surface area (Å²) in [5.41, 5.74) is 1.01. The van der Waals surface area contributed by atoms with E-state index in [1.807, 2.05) is 74.5 Å². The summed E-state index contributed by atoms with van der Waals surface area (Å²) in [7, 11) is 0. The second-order valence-electron chi connectivity index (χ2n) is 7.77. The first-order valence-corrected chi connectivity index (χ1v) is 10.7. The molecule has 0 bridgehead atoms. The zero-order valence-electron chi connectivity index (χ0n) is 18.6. The van der Waals surface area contributed by atoms with Crippen LogP contribution < -0.4 is 10.6 Å². The molecule has 0 aliphatic heterocycles. The maximum Gasteiger partial charge on any atom is 0.433 e. The number of rotatable bonds is 7. The number of benzene rings is 2. The van der Waals surface area contributed by atoms with E-state index in [4.69, 9.17) is 0 Å². The third-order valence-corrected chi connectivity index (χ3v) is 5.19. The molecule has 9 heteroatoms. The predicted octanol–water partition coefficient (Wildman–Crippen LogP) is 6.30. The van der Waals surface area contributed by atoms with Gasteiger partial charge in [0.25, 0.3) is 0 Å². The molecule has 34 heavy (non-hydrogen) atoms. The lowest BCUT2D eigenvalue weighted by molar-refractivity contribution is -0.141. The van der Waals surface area contributed by atoms with E-state index in [-0.39, 0.29) is 35.5 Å². The van der Waals surface area contributed by atoms with Crippen LogP contribution in [0.1, 0.15) is 42.8 Å². The molecule has 0 saturated heterocycles. The van der Waals surface area contributed by atoms with Crippen molar-refractivity contribution in [1.29, 1.82) is 0 Å². The number of hydrogen-bond donors (Lipinski definition) is 2. The van der Waals surface area contributed by atoms with Gasteiger partial charge in [0, 0.05) is 0 Å². The Morgan fingerprint density at radius 2 is 1.12 bits per heavy atom. The van der Waals surface area contributed by atoms with Crippen molar-refractivity contribution < 1.29 is 13.2 Å². The van der Waals surface area contributed by atoms with E-state index in [1.54, 1.807) is 0 Å². The van der Waals surface area contributed by atoms with Crippen molar-refractivity contribution in [3.63, 3.8) is 0 Å². The molecular weight excluding hydrogens is 441 g/mol. The maximum absolute atomic E-state index is 13.2. The van der Waals surface area contributed by atoms with Crippen molar-refractivity contribution in [2.24, 2.45) is 0 Å². The van der Waals surface area contributed by atoms with Crippen LogP contribution in [0, 0.1) is 0 Å². The fraction of sp³-hybridized carbons (Fsp3) is 0.200. The van der Waals surface area contributed by atoms with Crippen molar-refractivity contribution in [2.75, 3.05) is 10.6 Å². The number of hydrogen-bond acceptors (Lipinski definition) is 6. The second kappa shape index (κ2) is 9.86. The van der Waals surface area contributed by atoms with Crippen LogP contribution in [0.5, 0.6) is 0 Å². The lowest BCUT2D eigenvalue weighted by Crippen LogP contribution is -2.15. The average molecular weight is 464 g/mol. The van der Waals surface area contributed by atoms with E-state index < -0.39 is 11.9 Å². The van der Waals surface area contributed by atoms with Gasteiger partial charge in [0.05, 0.1) is 12.1 Å². The van der Waals surface area contributed by atoms with Gasteiger partial charge in [-0.15, -0.1) is 0 Å². The smallest absolute Gasteiger partial charge is 0.348 e. The molecule has 2 aromatic carbocycles. The number of aromatic nitrogens is 4. The van der Waals surface area contributed by atoms with Gasteiger partial charge in [0.2, 0.25) is 11.9 Å². The molecule has 2 atom stereocenters. The molecule has 0 amide bonds. The van der Waals surface area contributed by atoms with Crippen LogP contribution in [0.3, 0.4) is 0 Å². The van der Waals surface area contributed by atoms with Crippen LogP contribution in [-0.2, 0) is 6.18 Å². The number of halogens is 3. The monoisotopic (exact) mass is 464 g/mol. The fourth-order valence-corrected chi connectivity index (χ4v) is 3.37. The van der Waals surface area contributed by atoms with E-state index >= 15 is 0 Å². The van der Waals surface area contributed by atoms with Crippen molar-refractivity contribution in [3.05, 3.63) is 95.7 Å². The number of pyridine rings is 1. The Labute approximate surface area is 195 Å². The molecule has 0 fully saturated rings. The number of nitrogens with zero attached hydrogens (tertiary/aromatic N) is 4. The van der Waals surface area contributed by atoms with Gasteiger partial charge in [0.15, 0.2) is 5.82 Å². The lowest BCUT2D eigenvalue weighted by Gasteiger charge is -2.18. The molecule has 0 saturated carbocycles. The fourth-order valence-electron chi connectivity index (χ4n) is 3.37. The summed E-state index contributed by atoms with van der Waals surface area (Å²) in [6.07, 6.45) is -4.57. The molecule has 2 unspecified atom stereocenters. The van der Waals surface area contributed by atoms with E-state index in [2.05, 4.69) is 30.6 Å². The largest absolute Gasteiger partial charge is 0.433 e. The molecule has 174 valence electrons. The van der Waals surface area contributed by atoms with Gasteiger partial charge in [-0.25, -0.2) is 4.98 Å². The summed E-state index contributed by atoms with van der Waals surface area (Å²) in [6, 6.07) is 22.7. The Morgan fingerprint density at radius 1 is 0.618 bits per heavy atom. The van der Waals surface area contributed by atoms with E-state index in [9.17, 15) is 13.2 Å². The van der Waals surface area contributed by atoms with Gasteiger partial charge < -0.3 is 10.6 Å². The lowest BCUT2D eigenvalue weighted by atomic mass is 10.1. The van der Waals surface area contributed by atoms with Crippen LogP contribution in [0.15, 0.2) is 78.9 Å². The first-order valence-electron chi connectivity index (χ1n) is 10.7. The van der Waals surface area contributed by atoms with Gasteiger partial charge >= 0.3 is 6.18 Å². The van der Waals surface area contributed by atoms with Crippen LogP contribution in [0.4, 0.5) is 25.1 Å². The van der Waals surface area contributed by atoms with Gasteiger partial charge in [-0.1, -0.05) is 66.7 Å². The predicted molar refractivity (Wildman–Crippen MR) is 125 cm³/mol. The highest BCUT2D eigenvalue weighted by Gasteiger charge is 2.32. The summed E-state index contributed by atoms with van der Waals surface area (Å²) in [5, 5.41) is 6.43. The van der Waals surface area contributed by atoms with Crippen molar-refractivity contribution in [1.82, 2.24) is 19.9 Å². The van der Waals surface area contributed by atoms with Crippen molar-refractivity contribution >= 4 is 11.9 Å². The van der Waals surface area contributed by atoms with Crippen LogP contribution in [0.25, 0.3) is 11.5 Å². The quantitative estimate of drug-likeness (QED) is 0.334. The number of anilines is 2. The van der Waals surface area contributed by atoms with E-state index in [0.29, 0.717) is 0 Å². The molecule has 0 radical (unpaired) electrons. The van der Waals surface area contributed by atoms with Crippen LogP contribution in [-0.4, -0.2) is 19.9 Å². The van der Waals surface area contributed by atoms with Crippen molar-refractivity contribution in [2.45, 2.75) is 32.1 Å². The highest BCUT2D eigenvalue weighted by molar-refractivity contribution is 5.54. The topological polar surface area (TPSA) is 75.6 Å². The zero-order chi connectivity index (χ0) is 24.1. The molecule has 0 aliphatic rings. The van der Waals surface area contributed by atoms with Gasteiger partial charge in [-0.2, -0.15) is 28.1 Å². The highest BCUT2D eigenvalue weighted by atomic mass is 19.4. The maximum atomic E-state index is 13.2. The minimum absolute atomic E-state index is 0.00283. The molecule has 2 aromatic heterocycles. The Morgan fingerprint density at radius 3 is 1.59 bits per heavy atom. The molecule has 4 rings (SSSR count). The number of nitrogens with one attached hydrogen (secondary N) is 2. The van der Waals surface area contributed by atoms with Crippen LogP contribution in [0.2, 0.25) is 0 Å². The summed E-state index contributed by atoms with van der Waals surface area (Å²) in [5.74, 6) is 0.485. The minimum atomic E-state index is -4.57. The molecule has 2 heterocycles. The zero-order valence-corrected chi connectivity index (χ0v) is 18.6. The Hall–Kier alpha value is -4.01. The SMILES string of the molecule is CC(Nc1nc(NC(C)c2ccccc2)nc(-c2cccc(C(F)(F)F)n2)n1)c1ccccc1. The summed E-state index contributed by atoms with van der Waals surface area (Å²) < 4.78 is 39.7. The third kappa shape index (κ3) is 5.67. The van der Waals surface area contributed by atoms with E-state index in [0.717, 1.165) is 17.2 Å². The minimum Gasteiger partial charge on any atom is -0.348 e. The summed E-state index contributed by atoms with van der Waals surface area (Å²) in [4.78, 5) is 16.9. The molecule has 0 spiro atoms. The molecule has 2 N–H and O–H groups in total. The molecular formula is C25H23F3N6. The first-order chi connectivity index (χ1) is 16.3. The van der Waals surface area contributed by atoms with Gasteiger partial charge in [-0.3, -0.25) is 0 Å². The Kier molecular flexibility index (Phi) is 6.72. The Bertz CT molecular complexity index is 1170. The summed E-state index contributed by atoms with van der Waals surface area (Å²) in [6.45, 7) is 3.89. The normalized spacial score (nSPS) is 13.2. The average Bonchev–Trinajstić information content (AvgIpc) is 2.84. The second-order valence-corrected chi connectivity index (χ2v) is 7.77. The number of alkyl halides is 3. The van der Waals surface area contributed by atoms with Gasteiger partial charge in [0.1, 0.15) is 11.4 Å². The van der Waals surface area contributed by atoms with Gasteiger partial charge in [-0.05, 0) is 37.1 Å². The van der Waals surface area contributed by atoms with E-state index in [1.165, 1.54) is 12.1 Å². The first kappa shape index (κ1) is 23.2. The molecule has 4 aromatic rings. The standard InChI is InChI=1S/C25H23F3N6/c1-16(18-10-5-3-6-11-18)29-23-32-22(20-14-9-15-21(31-20)25(26,27)28)33-24(34-23)30-17(2)19-12-7-4-8-13-19/h3-17H,1-2H3,(H2,29,30,32,33,34). The third-order valence-electron chi connectivity index (χ3n) is 5.19. The molecule has 0 aliphatic carbocycles. The highest BCUT2D eigenvalue weighted by Crippen LogP contribution is 2.29. The summed E-state index contributed by atoms with van der Waals surface area (Å²) >= 11 is 0. The molecule has 6 nitrogen and oxygen atoms in total. The van der Waals surface area contributed by atoms with Crippen LogP contribution >= 0.6 is 0 Å². The van der Waals surface area contributed by atoms with Crippen molar-refractivity contribution in [3.8, 4) is 11.5 Å².